The summed E-state index contributed by atoms with van der Waals surface area (Å²) in [5.41, 5.74) is 1.31. The fraction of sp³-hybridized carbons (Fsp3) is 0.0435. The summed E-state index contributed by atoms with van der Waals surface area (Å²) in [7, 11) is -2.82. The van der Waals surface area contributed by atoms with E-state index in [1.807, 2.05) is 30.3 Å². The zero-order valence-electron chi connectivity index (χ0n) is 17.2. The molecule has 168 valence electrons. The summed E-state index contributed by atoms with van der Waals surface area (Å²) < 4.78 is 48.5. The molecule has 0 saturated carbocycles. The quantitative estimate of drug-likeness (QED) is 0.409. The Labute approximate surface area is 194 Å². The van der Waals surface area contributed by atoms with Crippen molar-refractivity contribution in [2.24, 2.45) is 4.99 Å². The number of benzene rings is 3. The molecule has 1 saturated heterocycles. The van der Waals surface area contributed by atoms with Crippen molar-refractivity contribution in [2.45, 2.75) is 4.90 Å². The smallest absolute Gasteiger partial charge is 0.339 e. The van der Waals surface area contributed by atoms with Crippen LogP contribution in [-0.4, -0.2) is 26.6 Å². The molecule has 1 heterocycles. The van der Waals surface area contributed by atoms with Gasteiger partial charge >= 0.3 is 10.1 Å². The average molecular weight is 485 g/mol. The first-order valence-corrected chi connectivity index (χ1v) is 11.8. The summed E-state index contributed by atoms with van der Waals surface area (Å²) >= 11 is 1.19. The van der Waals surface area contributed by atoms with Crippen molar-refractivity contribution in [1.29, 1.82) is 0 Å². The van der Waals surface area contributed by atoms with Gasteiger partial charge in [-0.15, -0.1) is 0 Å². The number of aliphatic imine (C=N–C) groups is 1. The van der Waals surface area contributed by atoms with E-state index in [9.17, 15) is 17.6 Å². The molecule has 10 heteroatoms. The third-order valence-electron chi connectivity index (χ3n) is 4.42. The minimum atomic E-state index is -4.19. The van der Waals surface area contributed by atoms with Gasteiger partial charge in [0.1, 0.15) is 10.7 Å². The molecule has 4 rings (SSSR count). The number of hydrogen-bond donors (Lipinski definition) is 1. The molecule has 0 radical (unpaired) electrons. The Bertz CT molecular complexity index is 1360. The van der Waals surface area contributed by atoms with Gasteiger partial charge in [-0.25, -0.2) is 9.38 Å². The van der Waals surface area contributed by atoms with E-state index in [-0.39, 0.29) is 22.3 Å². The van der Waals surface area contributed by atoms with E-state index >= 15 is 0 Å². The van der Waals surface area contributed by atoms with Gasteiger partial charge in [-0.05, 0) is 71.9 Å². The number of amides is 1. The van der Waals surface area contributed by atoms with Crippen LogP contribution < -0.4 is 14.2 Å². The largest absolute Gasteiger partial charge is 0.493 e. The number of nitrogens with zero attached hydrogens (tertiary/aromatic N) is 1. The molecule has 7 nitrogen and oxygen atoms in total. The number of carbonyl (C=O) groups excluding carboxylic acids is 1. The summed E-state index contributed by atoms with van der Waals surface area (Å²) in [6, 6.07) is 18.1. The summed E-state index contributed by atoms with van der Waals surface area (Å²) in [4.78, 5) is 16.9. The maximum atomic E-state index is 13.1. The lowest BCUT2D eigenvalue weighted by Gasteiger charge is -2.11. The maximum Gasteiger partial charge on any atom is 0.339 e. The first kappa shape index (κ1) is 22.6. The molecule has 1 aliphatic rings. The molecule has 3 aromatic carbocycles. The molecular weight excluding hydrogens is 467 g/mol. The Morgan fingerprint density at radius 1 is 1.00 bits per heavy atom. The fourth-order valence-electron chi connectivity index (χ4n) is 2.86. The van der Waals surface area contributed by atoms with Crippen LogP contribution in [0.1, 0.15) is 5.56 Å². The first-order chi connectivity index (χ1) is 15.8. The highest BCUT2D eigenvalue weighted by molar-refractivity contribution is 8.18. The third kappa shape index (κ3) is 5.41. The van der Waals surface area contributed by atoms with Gasteiger partial charge in [0.05, 0.1) is 17.7 Å². The molecule has 1 amide bonds. The second kappa shape index (κ2) is 9.47. The van der Waals surface area contributed by atoms with E-state index in [4.69, 9.17) is 8.92 Å². The molecule has 0 spiro atoms. The van der Waals surface area contributed by atoms with Crippen molar-refractivity contribution >= 4 is 44.7 Å². The van der Waals surface area contributed by atoms with Crippen LogP contribution >= 0.6 is 11.8 Å². The van der Waals surface area contributed by atoms with Gasteiger partial charge in [0.2, 0.25) is 0 Å². The Hall–Kier alpha value is -3.63. The predicted octanol–water partition coefficient (Wildman–Crippen LogP) is 4.49. The lowest BCUT2D eigenvalue weighted by atomic mass is 10.2. The molecule has 1 N–H and O–H groups in total. The average Bonchev–Trinajstić information content (AvgIpc) is 3.14. The number of rotatable bonds is 6. The second-order valence-electron chi connectivity index (χ2n) is 6.72. The van der Waals surface area contributed by atoms with Crippen LogP contribution in [0.2, 0.25) is 0 Å². The molecule has 33 heavy (non-hydrogen) atoms. The summed E-state index contributed by atoms with van der Waals surface area (Å²) in [5, 5.41) is 3.16. The van der Waals surface area contributed by atoms with Crippen molar-refractivity contribution < 1.29 is 26.5 Å². The zero-order chi connectivity index (χ0) is 23.4. The Kier molecular flexibility index (Phi) is 6.47. The van der Waals surface area contributed by atoms with E-state index in [2.05, 4.69) is 10.3 Å². The van der Waals surface area contributed by atoms with Crippen LogP contribution in [-0.2, 0) is 14.9 Å². The molecule has 1 fully saturated rings. The Balaban J connectivity index is 1.55. The number of para-hydroxylation sites is 1. The van der Waals surface area contributed by atoms with Gasteiger partial charge in [0.25, 0.3) is 5.91 Å². The van der Waals surface area contributed by atoms with Crippen molar-refractivity contribution in [3.05, 3.63) is 89.1 Å². The molecule has 0 atom stereocenters. The summed E-state index contributed by atoms with van der Waals surface area (Å²) in [5.74, 6) is -0.752. The number of hydrogen-bond acceptors (Lipinski definition) is 7. The molecule has 3 aromatic rings. The number of ether oxygens (including phenoxy) is 1. The lowest BCUT2D eigenvalue weighted by Crippen LogP contribution is -2.19. The molecule has 0 unspecified atom stereocenters. The summed E-state index contributed by atoms with van der Waals surface area (Å²) in [6.45, 7) is 0. The number of carbonyl (C=O) groups is 1. The van der Waals surface area contributed by atoms with Crippen LogP contribution in [0.25, 0.3) is 6.08 Å². The van der Waals surface area contributed by atoms with E-state index in [1.165, 1.54) is 24.9 Å². The molecule has 0 aromatic heterocycles. The Morgan fingerprint density at radius 3 is 2.42 bits per heavy atom. The van der Waals surface area contributed by atoms with Crippen LogP contribution in [0.4, 0.5) is 10.1 Å². The van der Waals surface area contributed by atoms with Crippen molar-refractivity contribution in [2.75, 3.05) is 7.11 Å². The highest BCUT2D eigenvalue weighted by Crippen LogP contribution is 2.33. The first-order valence-electron chi connectivity index (χ1n) is 9.57. The molecule has 1 aliphatic heterocycles. The zero-order valence-corrected chi connectivity index (χ0v) is 18.8. The SMILES string of the molecule is COc1cc(/C=C2/SC(=Nc3ccccc3)NC2=O)ccc1OS(=O)(=O)c1ccc(F)cc1. The molecule has 0 aliphatic carbocycles. The lowest BCUT2D eigenvalue weighted by molar-refractivity contribution is -0.115. The van der Waals surface area contributed by atoms with Crippen LogP contribution in [0, 0.1) is 5.82 Å². The van der Waals surface area contributed by atoms with Crippen molar-refractivity contribution in [3.63, 3.8) is 0 Å². The van der Waals surface area contributed by atoms with Gasteiger partial charge in [-0.3, -0.25) is 4.79 Å². The monoisotopic (exact) mass is 484 g/mol. The van der Waals surface area contributed by atoms with Crippen LogP contribution in [0.15, 0.2) is 87.6 Å². The van der Waals surface area contributed by atoms with E-state index in [0.717, 1.165) is 24.3 Å². The molecule has 0 bridgehead atoms. The number of thioether (sulfide) groups is 1. The van der Waals surface area contributed by atoms with Crippen LogP contribution in [0.5, 0.6) is 11.5 Å². The summed E-state index contributed by atoms with van der Waals surface area (Å²) in [6.07, 6.45) is 1.63. The Morgan fingerprint density at radius 2 is 1.73 bits per heavy atom. The number of nitrogens with one attached hydrogen (secondary N) is 1. The van der Waals surface area contributed by atoms with Gasteiger partial charge in [0, 0.05) is 0 Å². The standard InChI is InChI=1S/C23H17FN2O5S2/c1-30-20-13-15(7-12-19(20)31-33(28,29)18-10-8-16(24)9-11-18)14-21-22(27)26-23(32-21)25-17-5-3-2-4-6-17/h2-14H,1H3,(H,25,26,27)/b21-14+. The van der Waals surface area contributed by atoms with Crippen molar-refractivity contribution in [1.82, 2.24) is 5.32 Å². The third-order valence-corrected chi connectivity index (χ3v) is 6.58. The highest BCUT2D eigenvalue weighted by atomic mass is 32.2. The van der Waals surface area contributed by atoms with Gasteiger partial charge < -0.3 is 14.2 Å². The van der Waals surface area contributed by atoms with E-state index in [1.54, 1.807) is 18.2 Å². The minimum absolute atomic E-state index is 0.0427. The number of amidine groups is 1. The fourth-order valence-corrected chi connectivity index (χ4v) is 4.64. The highest BCUT2D eigenvalue weighted by Gasteiger charge is 2.24. The maximum absolute atomic E-state index is 13.1. The predicted molar refractivity (Wildman–Crippen MR) is 124 cm³/mol. The van der Waals surface area contributed by atoms with Gasteiger partial charge in [0.15, 0.2) is 16.7 Å². The second-order valence-corrected chi connectivity index (χ2v) is 9.30. The van der Waals surface area contributed by atoms with E-state index < -0.39 is 15.9 Å². The number of methoxy groups -OCH3 is 1. The van der Waals surface area contributed by atoms with Gasteiger partial charge in [-0.2, -0.15) is 8.42 Å². The normalized spacial score (nSPS) is 16.1. The number of halogens is 1. The molecular formula is C23H17FN2O5S2. The minimum Gasteiger partial charge on any atom is -0.493 e. The van der Waals surface area contributed by atoms with Crippen LogP contribution in [0.3, 0.4) is 0 Å². The van der Waals surface area contributed by atoms with Crippen molar-refractivity contribution in [3.8, 4) is 11.5 Å². The van der Waals surface area contributed by atoms with E-state index in [0.29, 0.717) is 21.3 Å². The topological polar surface area (TPSA) is 94.1 Å². The van der Waals surface area contributed by atoms with Gasteiger partial charge in [-0.1, -0.05) is 24.3 Å².